The summed E-state index contributed by atoms with van der Waals surface area (Å²) in [4.78, 5) is 1.48. The molecule has 1 aromatic heterocycles. The van der Waals surface area contributed by atoms with Crippen LogP contribution < -0.4 is 0 Å². The number of hydrogen-bond acceptors (Lipinski definition) is 1. The first kappa shape index (κ1) is 9.47. The molecule has 0 fully saturated rings. The Labute approximate surface area is 89.2 Å². The van der Waals surface area contributed by atoms with Crippen LogP contribution in [-0.4, -0.2) is 0 Å². The molecule has 2 aromatic rings. The summed E-state index contributed by atoms with van der Waals surface area (Å²) in [6, 6.07) is 15.0. The van der Waals surface area contributed by atoms with E-state index in [4.69, 9.17) is 0 Å². The third kappa shape index (κ3) is 2.24. The number of benzene rings is 1. The SMILES string of the molecule is CC(Cc1ccccc1)c1cccs1. The van der Waals surface area contributed by atoms with Crippen molar-refractivity contribution in [1.29, 1.82) is 0 Å². The van der Waals surface area contributed by atoms with E-state index in [0.717, 1.165) is 6.42 Å². The summed E-state index contributed by atoms with van der Waals surface area (Å²) in [5.74, 6) is 0.636. The molecule has 0 bridgehead atoms. The fourth-order valence-electron chi connectivity index (χ4n) is 1.64. The Morgan fingerprint density at radius 3 is 2.50 bits per heavy atom. The van der Waals surface area contributed by atoms with Crippen LogP contribution >= 0.6 is 11.3 Å². The highest BCUT2D eigenvalue weighted by Gasteiger charge is 2.06. The first-order chi connectivity index (χ1) is 6.86. The minimum absolute atomic E-state index is 0.636. The van der Waals surface area contributed by atoms with E-state index in [1.54, 1.807) is 0 Å². The zero-order chi connectivity index (χ0) is 9.80. The van der Waals surface area contributed by atoms with E-state index in [1.807, 2.05) is 11.3 Å². The molecule has 0 aliphatic rings. The Balaban J connectivity index is 2.06. The van der Waals surface area contributed by atoms with Crippen molar-refractivity contribution in [3.63, 3.8) is 0 Å². The lowest BCUT2D eigenvalue weighted by Crippen LogP contribution is -1.95. The van der Waals surface area contributed by atoms with E-state index < -0.39 is 0 Å². The van der Waals surface area contributed by atoms with Gasteiger partial charge in [-0.25, -0.2) is 0 Å². The number of rotatable bonds is 3. The summed E-state index contributed by atoms with van der Waals surface area (Å²) >= 11 is 1.85. The van der Waals surface area contributed by atoms with Gasteiger partial charge < -0.3 is 0 Å². The van der Waals surface area contributed by atoms with E-state index in [0.29, 0.717) is 5.92 Å². The highest BCUT2D eigenvalue weighted by Crippen LogP contribution is 2.24. The molecule has 0 spiro atoms. The predicted molar refractivity (Wildman–Crippen MR) is 62.9 cm³/mol. The van der Waals surface area contributed by atoms with Gasteiger partial charge in [-0.2, -0.15) is 0 Å². The van der Waals surface area contributed by atoms with Gasteiger partial charge in [-0.05, 0) is 29.3 Å². The maximum Gasteiger partial charge on any atom is 0.00767 e. The average Bonchev–Trinajstić information content (AvgIpc) is 2.72. The molecule has 14 heavy (non-hydrogen) atoms. The molecule has 2 rings (SSSR count). The lowest BCUT2D eigenvalue weighted by molar-refractivity contribution is 0.775. The monoisotopic (exact) mass is 202 g/mol. The molecule has 0 aliphatic heterocycles. The first-order valence-electron chi connectivity index (χ1n) is 4.93. The molecule has 0 N–H and O–H groups in total. The first-order valence-corrected chi connectivity index (χ1v) is 5.81. The van der Waals surface area contributed by atoms with E-state index in [-0.39, 0.29) is 0 Å². The van der Waals surface area contributed by atoms with Crippen molar-refractivity contribution in [3.05, 3.63) is 58.3 Å². The minimum Gasteiger partial charge on any atom is -0.149 e. The molecule has 0 saturated carbocycles. The summed E-state index contributed by atoms with van der Waals surface area (Å²) in [6.45, 7) is 2.29. The second-order valence-corrected chi connectivity index (χ2v) is 4.59. The van der Waals surface area contributed by atoms with Gasteiger partial charge in [0, 0.05) is 4.88 Å². The molecule has 1 atom stereocenters. The zero-order valence-electron chi connectivity index (χ0n) is 8.31. The van der Waals surface area contributed by atoms with Crippen molar-refractivity contribution in [1.82, 2.24) is 0 Å². The highest BCUT2D eigenvalue weighted by atomic mass is 32.1. The maximum absolute atomic E-state index is 2.29. The average molecular weight is 202 g/mol. The van der Waals surface area contributed by atoms with Gasteiger partial charge in [0.15, 0.2) is 0 Å². The second kappa shape index (κ2) is 4.43. The van der Waals surface area contributed by atoms with Crippen LogP contribution in [0.25, 0.3) is 0 Å². The van der Waals surface area contributed by atoms with E-state index in [9.17, 15) is 0 Å². The summed E-state index contributed by atoms with van der Waals surface area (Å²) < 4.78 is 0. The van der Waals surface area contributed by atoms with E-state index in [1.165, 1.54) is 10.4 Å². The molecule has 72 valence electrons. The van der Waals surface area contributed by atoms with Crippen LogP contribution in [0, 0.1) is 0 Å². The minimum atomic E-state index is 0.636. The predicted octanol–water partition coefficient (Wildman–Crippen LogP) is 4.09. The van der Waals surface area contributed by atoms with Crippen LogP contribution in [0.4, 0.5) is 0 Å². The topological polar surface area (TPSA) is 0 Å². The summed E-state index contributed by atoms with van der Waals surface area (Å²) in [5.41, 5.74) is 1.42. The van der Waals surface area contributed by atoms with Crippen molar-refractivity contribution in [2.75, 3.05) is 0 Å². The van der Waals surface area contributed by atoms with Crippen molar-refractivity contribution in [2.45, 2.75) is 19.3 Å². The molecule has 1 unspecified atom stereocenters. The molecule has 0 saturated heterocycles. The molecule has 0 amide bonds. The molecular formula is C13H14S. The third-order valence-corrected chi connectivity index (χ3v) is 3.52. The molecular weight excluding hydrogens is 188 g/mol. The largest absolute Gasteiger partial charge is 0.149 e. The van der Waals surface area contributed by atoms with Crippen LogP contribution in [0.1, 0.15) is 23.3 Å². The summed E-state index contributed by atoms with van der Waals surface area (Å²) in [6.07, 6.45) is 1.14. The van der Waals surface area contributed by atoms with E-state index >= 15 is 0 Å². The van der Waals surface area contributed by atoms with Gasteiger partial charge >= 0.3 is 0 Å². The molecule has 1 aromatic carbocycles. The van der Waals surface area contributed by atoms with Crippen LogP contribution in [0.5, 0.6) is 0 Å². The van der Waals surface area contributed by atoms with Gasteiger partial charge in [0.2, 0.25) is 0 Å². The standard InChI is InChI=1S/C13H14S/c1-11(13-8-5-9-14-13)10-12-6-3-2-4-7-12/h2-9,11H,10H2,1H3. The van der Waals surface area contributed by atoms with Gasteiger partial charge in [-0.15, -0.1) is 11.3 Å². The van der Waals surface area contributed by atoms with Crippen LogP contribution in [0.2, 0.25) is 0 Å². The lowest BCUT2D eigenvalue weighted by atomic mass is 10.00. The van der Waals surface area contributed by atoms with Crippen LogP contribution in [0.15, 0.2) is 47.8 Å². The van der Waals surface area contributed by atoms with Crippen molar-refractivity contribution in [3.8, 4) is 0 Å². The Kier molecular flexibility index (Phi) is 3.00. The Bertz CT molecular complexity index is 361. The second-order valence-electron chi connectivity index (χ2n) is 3.61. The fraction of sp³-hybridized carbons (Fsp3) is 0.231. The Morgan fingerprint density at radius 2 is 1.86 bits per heavy atom. The highest BCUT2D eigenvalue weighted by molar-refractivity contribution is 7.10. The Hall–Kier alpha value is -1.08. The smallest absolute Gasteiger partial charge is 0.00767 e. The van der Waals surface area contributed by atoms with E-state index in [2.05, 4.69) is 54.8 Å². The van der Waals surface area contributed by atoms with Gasteiger partial charge in [0.05, 0.1) is 0 Å². The van der Waals surface area contributed by atoms with Gasteiger partial charge in [-0.1, -0.05) is 43.3 Å². The molecule has 0 radical (unpaired) electrons. The van der Waals surface area contributed by atoms with Gasteiger partial charge in [0.25, 0.3) is 0 Å². The van der Waals surface area contributed by atoms with Crippen LogP contribution in [0.3, 0.4) is 0 Å². The molecule has 1 heteroatoms. The third-order valence-electron chi connectivity index (χ3n) is 2.41. The summed E-state index contributed by atoms with van der Waals surface area (Å²) in [5, 5.41) is 2.15. The van der Waals surface area contributed by atoms with Crippen molar-refractivity contribution >= 4 is 11.3 Å². The van der Waals surface area contributed by atoms with Gasteiger partial charge in [0.1, 0.15) is 0 Å². The fourth-order valence-corrected chi connectivity index (χ4v) is 2.43. The number of hydrogen-bond donors (Lipinski definition) is 0. The quantitative estimate of drug-likeness (QED) is 0.703. The molecule has 1 heterocycles. The maximum atomic E-state index is 2.29. The lowest BCUT2D eigenvalue weighted by Gasteiger charge is -2.08. The number of thiophene rings is 1. The molecule has 0 aliphatic carbocycles. The molecule has 0 nitrogen and oxygen atoms in total. The van der Waals surface area contributed by atoms with Crippen molar-refractivity contribution < 1.29 is 0 Å². The van der Waals surface area contributed by atoms with Crippen LogP contribution in [-0.2, 0) is 6.42 Å². The Morgan fingerprint density at radius 1 is 1.07 bits per heavy atom. The van der Waals surface area contributed by atoms with Gasteiger partial charge in [-0.3, -0.25) is 0 Å². The normalized spacial score (nSPS) is 12.6. The van der Waals surface area contributed by atoms with Crippen molar-refractivity contribution in [2.24, 2.45) is 0 Å². The zero-order valence-corrected chi connectivity index (χ0v) is 9.13. The summed E-state index contributed by atoms with van der Waals surface area (Å²) in [7, 11) is 0.